The molecular formula is C22H23NO3S2. The van der Waals surface area contributed by atoms with Gasteiger partial charge in [0.25, 0.3) is 5.91 Å². The Hall–Kier alpha value is -2.31. The summed E-state index contributed by atoms with van der Waals surface area (Å²) in [6.07, 6.45) is 1.79. The normalized spacial score (nSPS) is 15.6. The predicted molar refractivity (Wildman–Crippen MR) is 119 cm³/mol. The maximum atomic E-state index is 11.9. The second-order valence-corrected chi connectivity index (χ2v) is 9.08. The molecule has 28 heavy (non-hydrogen) atoms. The second-order valence-electron chi connectivity index (χ2n) is 7.36. The summed E-state index contributed by atoms with van der Waals surface area (Å²) in [6, 6.07) is 15.7. The molecule has 0 unspecified atom stereocenters. The first-order valence-corrected chi connectivity index (χ1v) is 10.3. The fourth-order valence-corrected chi connectivity index (χ4v) is 3.69. The molecule has 2 aromatic carbocycles. The number of para-hydroxylation sites is 1. The molecule has 1 amide bonds. The molecule has 1 aliphatic heterocycles. The van der Waals surface area contributed by atoms with Gasteiger partial charge in [0.1, 0.15) is 29.0 Å². The van der Waals surface area contributed by atoms with E-state index in [4.69, 9.17) is 21.7 Å². The maximum Gasteiger partial charge on any atom is 0.263 e. The molecule has 2 aromatic rings. The first kappa shape index (κ1) is 20.4. The molecule has 0 saturated carbocycles. The Morgan fingerprint density at radius 3 is 2.36 bits per heavy atom. The number of carbonyl (C=O) groups is 1. The van der Waals surface area contributed by atoms with Crippen LogP contribution in [0.2, 0.25) is 0 Å². The summed E-state index contributed by atoms with van der Waals surface area (Å²) in [4.78, 5) is 12.4. The number of hydrogen-bond donors (Lipinski definition) is 1. The highest BCUT2D eigenvalue weighted by molar-refractivity contribution is 8.26. The lowest BCUT2D eigenvalue weighted by molar-refractivity contribution is -0.115. The van der Waals surface area contributed by atoms with Crippen molar-refractivity contribution in [1.82, 2.24) is 5.32 Å². The van der Waals surface area contributed by atoms with Gasteiger partial charge in [-0.1, -0.05) is 75.1 Å². The molecule has 0 atom stereocenters. The van der Waals surface area contributed by atoms with Crippen molar-refractivity contribution in [2.24, 2.45) is 0 Å². The van der Waals surface area contributed by atoms with E-state index in [1.807, 2.05) is 36.4 Å². The van der Waals surface area contributed by atoms with Crippen LogP contribution < -0.4 is 14.8 Å². The number of carbonyl (C=O) groups excluding carboxylic acids is 1. The topological polar surface area (TPSA) is 47.6 Å². The summed E-state index contributed by atoms with van der Waals surface area (Å²) in [5.74, 6) is 1.35. The predicted octanol–water partition coefficient (Wildman–Crippen LogP) is 4.93. The Morgan fingerprint density at radius 2 is 1.71 bits per heavy atom. The van der Waals surface area contributed by atoms with Gasteiger partial charge in [0.2, 0.25) is 0 Å². The van der Waals surface area contributed by atoms with E-state index >= 15 is 0 Å². The molecule has 1 N–H and O–H groups in total. The van der Waals surface area contributed by atoms with Crippen molar-refractivity contribution in [1.29, 1.82) is 0 Å². The quantitative estimate of drug-likeness (QED) is 0.413. The molecule has 1 aliphatic rings. The van der Waals surface area contributed by atoms with Crippen molar-refractivity contribution in [3.05, 3.63) is 64.6 Å². The Bertz CT molecular complexity index is 899. The van der Waals surface area contributed by atoms with Gasteiger partial charge >= 0.3 is 0 Å². The summed E-state index contributed by atoms with van der Waals surface area (Å²) in [7, 11) is 0. The molecule has 0 spiro atoms. The average molecular weight is 414 g/mol. The van der Waals surface area contributed by atoms with Crippen LogP contribution in [0.5, 0.6) is 11.5 Å². The minimum atomic E-state index is -0.174. The standard InChI is InChI=1S/C22H23NO3S2/c1-22(2,3)16-8-10-17(11-9-16)25-12-13-26-18-7-5-4-6-15(18)14-19-20(24)23-21(27)28-19/h4-11,14H,12-13H2,1-3H3,(H,23,24,27)/b19-14+. The van der Waals surface area contributed by atoms with E-state index in [0.29, 0.717) is 28.2 Å². The number of thiocarbonyl (C=S) groups is 1. The summed E-state index contributed by atoms with van der Waals surface area (Å²) in [5.41, 5.74) is 2.23. The molecule has 0 bridgehead atoms. The van der Waals surface area contributed by atoms with E-state index in [0.717, 1.165) is 11.3 Å². The highest BCUT2D eigenvalue weighted by Gasteiger charge is 2.22. The van der Waals surface area contributed by atoms with Crippen LogP contribution >= 0.6 is 24.0 Å². The lowest BCUT2D eigenvalue weighted by Gasteiger charge is -2.19. The third-order valence-corrected chi connectivity index (χ3v) is 5.34. The Balaban J connectivity index is 1.56. The number of benzene rings is 2. The Morgan fingerprint density at radius 1 is 1.04 bits per heavy atom. The van der Waals surface area contributed by atoms with E-state index in [-0.39, 0.29) is 11.3 Å². The van der Waals surface area contributed by atoms with Crippen LogP contribution in [0.4, 0.5) is 0 Å². The van der Waals surface area contributed by atoms with Gasteiger partial charge in [0.15, 0.2) is 0 Å². The van der Waals surface area contributed by atoms with Crippen LogP contribution in [0, 0.1) is 0 Å². The van der Waals surface area contributed by atoms with Crippen molar-refractivity contribution in [3.63, 3.8) is 0 Å². The number of rotatable bonds is 6. The first-order chi connectivity index (χ1) is 13.3. The fourth-order valence-electron chi connectivity index (χ4n) is 2.66. The lowest BCUT2D eigenvalue weighted by Crippen LogP contribution is -2.17. The van der Waals surface area contributed by atoms with Gasteiger partial charge in [-0.3, -0.25) is 4.79 Å². The smallest absolute Gasteiger partial charge is 0.263 e. The summed E-state index contributed by atoms with van der Waals surface area (Å²) >= 11 is 6.28. The van der Waals surface area contributed by atoms with Gasteiger partial charge in [0.05, 0.1) is 4.91 Å². The molecule has 0 aliphatic carbocycles. The van der Waals surface area contributed by atoms with Crippen LogP contribution in [0.1, 0.15) is 31.9 Å². The van der Waals surface area contributed by atoms with Crippen molar-refractivity contribution >= 4 is 40.3 Å². The van der Waals surface area contributed by atoms with E-state index < -0.39 is 0 Å². The molecule has 0 aromatic heterocycles. The highest BCUT2D eigenvalue weighted by atomic mass is 32.2. The van der Waals surface area contributed by atoms with E-state index in [1.165, 1.54) is 17.3 Å². The molecule has 1 heterocycles. The van der Waals surface area contributed by atoms with Crippen LogP contribution in [-0.2, 0) is 10.2 Å². The molecule has 1 fully saturated rings. The number of amides is 1. The lowest BCUT2D eigenvalue weighted by atomic mass is 9.87. The van der Waals surface area contributed by atoms with Crippen molar-refractivity contribution in [3.8, 4) is 11.5 Å². The third-order valence-electron chi connectivity index (χ3n) is 4.18. The zero-order valence-corrected chi connectivity index (χ0v) is 17.8. The number of nitrogens with one attached hydrogen (secondary N) is 1. The molecule has 3 rings (SSSR count). The minimum Gasteiger partial charge on any atom is -0.490 e. The van der Waals surface area contributed by atoms with Crippen molar-refractivity contribution < 1.29 is 14.3 Å². The minimum absolute atomic E-state index is 0.123. The zero-order valence-electron chi connectivity index (χ0n) is 16.2. The third kappa shape index (κ3) is 5.36. The Kier molecular flexibility index (Phi) is 6.42. The molecule has 1 saturated heterocycles. The first-order valence-electron chi connectivity index (χ1n) is 9.03. The van der Waals surface area contributed by atoms with Gasteiger partial charge in [-0.05, 0) is 35.3 Å². The summed E-state index contributed by atoms with van der Waals surface area (Å²) in [5, 5.41) is 2.62. The van der Waals surface area contributed by atoms with E-state index in [1.54, 1.807) is 6.08 Å². The average Bonchev–Trinajstić information content (AvgIpc) is 2.96. The van der Waals surface area contributed by atoms with Crippen molar-refractivity contribution in [2.45, 2.75) is 26.2 Å². The van der Waals surface area contributed by atoms with Gasteiger partial charge in [-0.25, -0.2) is 0 Å². The second kappa shape index (κ2) is 8.80. The largest absolute Gasteiger partial charge is 0.490 e. The van der Waals surface area contributed by atoms with Crippen LogP contribution in [-0.4, -0.2) is 23.4 Å². The number of hydrogen-bond acceptors (Lipinski definition) is 5. The number of thioether (sulfide) groups is 1. The SMILES string of the molecule is CC(C)(C)c1ccc(OCCOc2ccccc2/C=C2/SC(=S)NC2=O)cc1. The van der Waals surface area contributed by atoms with Crippen LogP contribution in [0.25, 0.3) is 6.08 Å². The zero-order chi connectivity index (χ0) is 20.1. The molecule has 146 valence electrons. The molecule has 4 nitrogen and oxygen atoms in total. The van der Waals surface area contributed by atoms with E-state index in [2.05, 4.69) is 38.2 Å². The van der Waals surface area contributed by atoms with Gasteiger partial charge in [0, 0.05) is 5.56 Å². The molecular weight excluding hydrogens is 390 g/mol. The molecule has 0 radical (unpaired) electrons. The summed E-state index contributed by atoms with van der Waals surface area (Å²) in [6.45, 7) is 7.39. The van der Waals surface area contributed by atoms with Gasteiger partial charge in [-0.2, -0.15) is 0 Å². The maximum absolute atomic E-state index is 11.9. The molecule has 6 heteroatoms. The van der Waals surface area contributed by atoms with Gasteiger partial charge < -0.3 is 14.8 Å². The highest BCUT2D eigenvalue weighted by Crippen LogP contribution is 2.29. The van der Waals surface area contributed by atoms with Crippen LogP contribution in [0.3, 0.4) is 0 Å². The van der Waals surface area contributed by atoms with Crippen LogP contribution in [0.15, 0.2) is 53.4 Å². The van der Waals surface area contributed by atoms with Gasteiger partial charge in [-0.15, -0.1) is 0 Å². The van der Waals surface area contributed by atoms with E-state index in [9.17, 15) is 4.79 Å². The fraction of sp³-hybridized carbons (Fsp3) is 0.273. The number of ether oxygens (including phenoxy) is 2. The Labute approximate surface area is 175 Å². The van der Waals surface area contributed by atoms with Crippen molar-refractivity contribution in [2.75, 3.05) is 13.2 Å². The summed E-state index contributed by atoms with van der Waals surface area (Å²) < 4.78 is 12.1. The monoisotopic (exact) mass is 413 g/mol.